The van der Waals surface area contributed by atoms with Crippen molar-refractivity contribution in [1.82, 2.24) is 10.5 Å². The molecular weight excluding hydrogens is 256 g/mol. The highest BCUT2D eigenvalue weighted by molar-refractivity contribution is 5.69. The topological polar surface area (TPSA) is 64.4 Å². The van der Waals surface area contributed by atoms with Gasteiger partial charge in [0, 0.05) is 18.2 Å². The van der Waals surface area contributed by atoms with Gasteiger partial charge < -0.3 is 14.6 Å². The molecule has 106 valence electrons. The number of carbonyl (C=O) groups is 1. The molecule has 0 saturated carbocycles. The summed E-state index contributed by atoms with van der Waals surface area (Å²) in [5.74, 6) is 0.551. The minimum atomic E-state index is -0.192. The van der Waals surface area contributed by atoms with Crippen LogP contribution in [0.25, 0.3) is 11.3 Å². The highest BCUT2D eigenvalue weighted by atomic mass is 16.5. The second kappa shape index (κ2) is 7.45. The van der Waals surface area contributed by atoms with E-state index in [1.165, 1.54) is 0 Å². The van der Waals surface area contributed by atoms with Crippen LogP contribution >= 0.6 is 0 Å². The lowest BCUT2D eigenvalue weighted by molar-refractivity contribution is -0.142. The molecule has 0 amide bonds. The molecule has 0 unspecified atom stereocenters. The van der Waals surface area contributed by atoms with Crippen LogP contribution < -0.4 is 5.32 Å². The maximum atomic E-state index is 11.1. The Morgan fingerprint density at radius 3 is 2.90 bits per heavy atom. The molecule has 0 atom stereocenters. The monoisotopic (exact) mass is 274 g/mol. The van der Waals surface area contributed by atoms with Gasteiger partial charge in [-0.2, -0.15) is 0 Å². The van der Waals surface area contributed by atoms with E-state index in [-0.39, 0.29) is 5.97 Å². The van der Waals surface area contributed by atoms with E-state index in [0.717, 1.165) is 17.0 Å². The molecule has 1 heterocycles. The third kappa shape index (κ3) is 4.20. The quantitative estimate of drug-likeness (QED) is 0.620. The average Bonchev–Trinajstić information content (AvgIpc) is 2.94. The average molecular weight is 274 g/mol. The SMILES string of the molecule is CCOC(=O)CCNCc1cc(-c2ccccc2)no1. The zero-order valence-corrected chi connectivity index (χ0v) is 11.5. The van der Waals surface area contributed by atoms with Crippen molar-refractivity contribution >= 4 is 5.97 Å². The predicted molar refractivity (Wildman–Crippen MR) is 74.9 cm³/mol. The number of hydrogen-bond donors (Lipinski definition) is 1. The normalized spacial score (nSPS) is 10.4. The molecule has 0 aliphatic rings. The number of hydrogen-bond acceptors (Lipinski definition) is 5. The highest BCUT2D eigenvalue weighted by Gasteiger charge is 2.06. The molecule has 20 heavy (non-hydrogen) atoms. The van der Waals surface area contributed by atoms with Crippen LogP contribution in [-0.4, -0.2) is 24.3 Å². The second-order valence-electron chi connectivity index (χ2n) is 4.28. The first-order valence-corrected chi connectivity index (χ1v) is 6.67. The van der Waals surface area contributed by atoms with Crippen LogP contribution in [0, 0.1) is 0 Å². The summed E-state index contributed by atoms with van der Waals surface area (Å²) in [6.45, 7) is 3.31. The fraction of sp³-hybridized carbons (Fsp3) is 0.333. The van der Waals surface area contributed by atoms with Gasteiger partial charge in [-0.15, -0.1) is 0 Å². The maximum Gasteiger partial charge on any atom is 0.307 e. The molecule has 0 aliphatic heterocycles. The first-order chi connectivity index (χ1) is 9.79. The number of nitrogens with zero attached hydrogens (tertiary/aromatic N) is 1. The van der Waals surface area contributed by atoms with Gasteiger partial charge in [-0.1, -0.05) is 35.5 Å². The van der Waals surface area contributed by atoms with Gasteiger partial charge in [-0.25, -0.2) is 0 Å². The van der Waals surface area contributed by atoms with E-state index in [1.54, 1.807) is 6.92 Å². The largest absolute Gasteiger partial charge is 0.466 e. The minimum Gasteiger partial charge on any atom is -0.466 e. The van der Waals surface area contributed by atoms with Gasteiger partial charge in [0.2, 0.25) is 0 Å². The van der Waals surface area contributed by atoms with E-state index in [0.29, 0.717) is 26.1 Å². The Labute approximate surface area is 117 Å². The molecule has 1 N–H and O–H groups in total. The Morgan fingerprint density at radius 2 is 2.15 bits per heavy atom. The zero-order chi connectivity index (χ0) is 14.2. The highest BCUT2D eigenvalue weighted by Crippen LogP contribution is 2.18. The molecule has 1 aromatic heterocycles. The summed E-state index contributed by atoms with van der Waals surface area (Å²) in [7, 11) is 0. The van der Waals surface area contributed by atoms with Gasteiger partial charge in [-0.05, 0) is 6.92 Å². The lowest BCUT2D eigenvalue weighted by Gasteiger charge is -2.02. The fourth-order valence-corrected chi connectivity index (χ4v) is 1.78. The van der Waals surface area contributed by atoms with Gasteiger partial charge in [-0.3, -0.25) is 4.79 Å². The van der Waals surface area contributed by atoms with Gasteiger partial charge in [0.05, 0.1) is 19.6 Å². The Balaban J connectivity index is 1.78. The van der Waals surface area contributed by atoms with Crippen LogP contribution in [0.3, 0.4) is 0 Å². The number of carbonyl (C=O) groups excluding carboxylic acids is 1. The standard InChI is InChI=1S/C15H18N2O3/c1-2-19-15(18)8-9-16-11-13-10-14(17-20-13)12-6-4-3-5-7-12/h3-7,10,16H,2,8-9,11H2,1H3. The van der Waals surface area contributed by atoms with Crippen molar-refractivity contribution in [2.45, 2.75) is 19.9 Å². The molecule has 0 bridgehead atoms. The molecule has 2 rings (SSSR count). The van der Waals surface area contributed by atoms with E-state index in [1.807, 2.05) is 36.4 Å². The van der Waals surface area contributed by atoms with Crippen LogP contribution in [0.5, 0.6) is 0 Å². The first-order valence-electron chi connectivity index (χ1n) is 6.67. The number of benzene rings is 1. The van der Waals surface area contributed by atoms with Crippen LogP contribution in [0.4, 0.5) is 0 Å². The van der Waals surface area contributed by atoms with Crippen LogP contribution in [0.2, 0.25) is 0 Å². The first kappa shape index (κ1) is 14.3. The van der Waals surface area contributed by atoms with Crippen molar-refractivity contribution in [3.63, 3.8) is 0 Å². The number of aromatic nitrogens is 1. The van der Waals surface area contributed by atoms with E-state index in [9.17, 15) is 4.79 Å². The number of ether oxygens (including phenoxy) is 1. The van der Waals surface area contributed by atoms with Crippen molar-refractivity contribution in [2.75, 3.05) is 13.2 Å². The predicted octanol–water partition coefficient (Wildman–Crippen LogP) is 2.38. The lowest BCUT2D eigenvalue weighted by Crippen LogP contribution is -2.18. The summed E-state index contributed by atoms with van der Waals surface area (Å²) < 4.78 is 10.1. The van der Waals surface area contributed by atoms with Gasteiger partial charge in [0.15, 0.2) is 5.76 Å². The molecule has 5 nitrogen and oxygen atoms in total. The Morgan fingerprint density at radius 1 is 1.35 bits per heavy atom. The third-order valence-corrected chi connectivity index (χ3v) is 2.74. The van der Waals surface area contributed by atoms with E-state index in [2.05, 4.69) is 10.5 Å². The molecular formula is C15H18N2O3. The zero-order valence-electron chi connectivity index (χ0n) is 11.5. The molecule has 2 aromatic rings. The molecule has 1 aromatic carbocycles. The summed E-state index contributed by atoms with van der Waals surface area (Å²) in [6, 6.07) is 11.7. The summed E-state index contributed by atoms with van der Waals surface area (Å²) in [5.41, 5.74) is 1.84. The van der Waals surface area contributed by atoms with Gasteiger partial charge in [0.25, 0.3) is 0 Å². The maximum absolute atomic E-state index is 11.1. The van der Waals surface area contributed by atoms with E-state index in [4.69, 9.17) is 9.26 Å². The summed E-state index contributed by atoms with van der Waals surface area (Å²) in [6.07, 6.45) is 0.355. The minimum absolute atomic E-state index is 0.192. The number of rotatable bonds is 7. The van der Waals surface area contributed by atoms with Gasteiger partial charge in [0.1, 0.15) is 5.69 Å². The van der Waals surface area contributed by atoms with Crippen molar-refractivity contribution in [3.05, 3.63) is 42.2 Å². The van der Waals surface area contributed by atoms with Crippen molar-refractivity contribution < 1.29 is 14.1 Å². The molecule has 0 aliphatic carbocycles. The number of esters is 1. The lowest BCUT2D eigenvalue weighted by atomic mass is 10.1. The van der Waals surface area contributed by atoms with Crippen molar-refractivity contribution in [3.8, 4) is 11.3 Å². The van der Waals surface area contributed by atoms with Crippen LogP contribution in [0.1, 0.15) is 19.1 Å². The summed E-state index contributed by atoms with van der Waals surface area (Å²) in [4.78, 5) is 11.1. The smallest absolute Gasteiger partial charge is 0.307 e. The molecule has 0 fully saturated rings. The summed E-state index contributed by atoms with van der Waals surface area (Å²) >= 11 is 0. The molecule has 0 radical (unpaired) electrons. The second-order valence-corrected chi connectivity index (χ2v) is 4.28. The molecule has 0 spiro atoms. The third-order valence-electron chi connectivity index (χ3n) is 2.74. The molecule has 5 heteroatoms. The van der Waals surface area contributed by atoms with E-state index < -0.39 is 0 Å². The Kier molecular flexibility index (Phi) is 5.32. The Bertz CT molecular complexity index is 537. The summed E-state index contributed by atoms with van der Waals surface area (Å²) in [5, 5.41) is 7.14. The molecule has 0 saturated heterocycles. The van der Waals surface area contributed by atoms with Crippen LogP contribution in [0.15, 0.2) is 40.9 Å². The fourth-order valence-electron chi connectivity index (χ4n) is 1.78. The van der Waals surface area contributed by atoms with Crippen molar-refractivity contribution in [1.29, 1.82) is 0 Å². The van der Waals surface area contributed by atoms with Crippen molar-refractivity contribution in [2.24, 2.45) is 0 Å². The van der Waals surface area contributed by atoms with Crippen LogP contribution in [-0.2, 0) is 16.1 Å². The number of nitrogens with one attached hydrogen (secondary N) is 1. The Hall–Kier alpha value is -2.14. The van der Waals surface area contributed by atoms with Gasteiger partial charge >= 0.3 is 5.97 Å². The van der Waals surface area contributed by atoms with E-state index >= 15 is 0 Å².